The number of hydrogen-bond acceptors (Lipinski definition) is 2. The molecule has 0 aromatic heterocycles. The van der Waals surface area contributed by atoms with Crippen LogP contribution in [0.5, 0.6) is 0 Å². The molecule has 76 valence electrons. The van der Waals surface area contributed by atoms with Gasteiger partial charge in [-0.05, 0) is 50.4 Å². The van der Waals surface area contributed by atoms with Crippen molar-refractivity contribution in [3.8, 4) is 6.07 Å². The first-order valence-electron chi connectivity index (χ1n) is 6.02. The average Bonchev–Trinajstić information content (AvgIpc) is 3.04. The van der Waals surface area contributed by atoms with Crippen molar-refractivity contribution in [3.63, 3.8) is 0 Å². The number of nitrogens with one attached hydrogen (secondary N) is 1. The van der Waals surface area contributed by atoms with Gasteiger partial charge in [-0.25, -0.2) is 0 Å². The lowest BCUT2D eigenvalue weighted by Gasteiger charge is -2.11. The fraction of sp³-hybridized carbons (Fsp3) is 0.917. The summed E-state index contributed by atoms with van der Waals surface area (Å²) >= 11 is 0. The van der Waals surface area contributed by atoms with E-state index in [1.165, 1.54) is 25.7 Å². The van der Waals surface area contributed by atoms with E-state index in [0.29, 0.717) is 12.0 Å². The normalized spacial score (nSPS) is 46.2. The molecule has 3 rings (SSSR count). The maximum Gasteiger partial charge on any atom is 0.0656 e. The third kappa shape index (κ3) is 1.66. The van der Waals surface area contributed by atoms with E-state index < -0.39 is 0 Å². The van der Waals surface area contributed by atoms with Crippen LogP contribution in [0.15, 0.2) is 0 Å². The fourth-order valence-electron chi connectivity index (χ4n) is 3.00. The Bertz CT molecular complexity index is 264. The van der Waals surface area contributed by atoms with E-state index in [2.05, 4.69) is 11.4 Å². The second-order valence-corrected chi connectivity index (χ2v) is 5.35. The van der Waals surface area contributed by atoms with Crippen LogP contribution in [-0.4, -0.2) is 12.1 Å². The fourth-order valence-corrected chi connectivity index (χ4v) is 3.00. The highest BCUT2D eigenvalue weighted by molar-refractivity contribution is 5.04. The van der Waals surface area contributed by atoms with E-state index in [4.69, 9.17) is 5.26 Å². The van der Waals surface area contributed by atoms with Crippen molar-refractivity contribution >= 4 is 0 Å². The monoisotopic (exact) mass is 190 g/mol. The zero-order valence-corrected chi connectivity index (χ0v) is 8.58. The Labute approximate surface area is 85.7 Å². The van der Waals surface area contributed by atoms with Gasteiger partial charge in [0.1, 0.15) is 0 Å². The predicted molar refractivity (Wildman–Crippen MR) is 54.5 cm³/mol. The van der Waals surface area contributed by atoms with Crippen molar-refractivity contribution in [3.05, 3.63) is 0 Å². The molecule has 3 aliphatic carbocycles. The van der Waals surface area contributed by atoms with Crippen LogP contribution in [0.4, 0.5) is 0 Å². The molecule has 2 nitrogen and oxygen atoms in total. The molecule has 1 N–H and O–H groups in total. The zero-order chi connectivity index (χ0) is 9.54. The van der Waals surface area contributed by atoms with Gasteiger partial charge in [0.2, 0.25) is 0 Å². The second-order valence-electron chi connectivity index (χ2n) is 5.35. The second kappa shape index (κ2) is 3.24. The maximum absolute atomic E-state index is 8.81. The van der Waals surface area contributed by atoms with E-state index in [1.54, 1.807) is 0 Å². The molecule has 2 heteroatoms. The smallest absolute Gasteiger partial charge is 0.0656 e. The summed E-state index contributed by atoms with van der Waals surface area (Å²) in [6.45, 7) is 0. The molecule has 0 aliphatic heterocycles. The lowest BCUT2D eigenvalue weighted by atomic mass is 10.1. The molecule has 14 heavy (non-hydrogen) atoms. The molecule has 0 radical (unpaired) electrons. The zero-order valence-electron chi connectivity index (χ0n) is 8.58. The van der Waals surface area contributed by atoms with Crippen LogP contribution in [0.2, 0.25) is 0 Å². The summed E-state index contributed by atoms with van der Waals surface area (Å²) in [5, 5.41) is 12.5. The minimum absolute atomic E-state index is 0.339. The van der Waals surface area contributed by atoms with Crippen molar-refractivity contribution < 1.29 is 0 Å². The average molecular weight is 190 g/mol. The Morgan fingerprint density at radius 2 is 1.93 bits per heavy atom. The molecular formula is C12H18N2. The van der Waals surface area contributed by atoms with Gasteiger partial charge in [0.15, 0.2) is 0 Å². The minimum Gasteiger partial charge on any atom is -0.311 e. The molecule has 0 aromatic carbocycles. The van der Waals surface area contributed by atoms with Crippen molar-refractivity contribution in [1.29, 1.82) is 5.26 Å². The van der Waals surface area contributed by atoms with Gasteiger partial charge in [-0.1, -0.05) is 0 Å². The van der Waals surface area contributed by atoms with E-state index in [9.17, 15) is 0 Å². The van der Waals surface area contributed by atoms with E-state index >= 15 is 0 Å². The first-order valence-corrected chi connectivity index (χ1v) is 6.02. The maximum atomic E-state index is 8.81. The summed E-state index contributed by atoms with van der Waals surface area (Å²) in [6, 6.07) is 3.88. The van der Waals surface area contributed by atoms with Gasteiger partial charge >= 0.3 is 0 Å². The molecule has 3 fully saturated rings. The summed E-state index contributed by atoms with van der Waals surface area (Å²) < 4.78 is 0. The van der Waals surface area contributed by atoms with Gasteiger partial charge in [0.05, 0.1) is 6.07 Å². The van der Waals surface area contributed by atoms with Crippen molar-refractivity contribution in [2.75, 3.05) is 0 Å². The Hall–Kier alpha value is -0.550. The van der Waals surface area contributed by atoms with E-state index in [1.807, 2.05) is 0 Å². The summed E-state index contributed by atoms with van der Waals surface area (Å²) in [6.07, 6.45) is 7.83. The molecule has 4 atom stereocenters. The lowest BCUT2D eigenvalue weighted by Crippen LogP contribution is -2.29. The number of nitrogens with zero attached hydrogens (tertiary/aromatic N) is 1. The highest BCUT2D eigenvalue weighted by Crippen LogP contribution is 2.50. The van der Waals surface area contributed by atoms with Crippen LogP contribution >= 0.6 is 0 Å². The van der Waals surface area contributed by atoms with Crippen LogP contribution in [0.3, 0.4) is 0 Å². The van der Waals surface area contributed by atoms with Gasteiger partial charge in [-0.15, -0.1) is 0 Å². The number of rotatable bonds is 3. The molecule has 0 amide bonds. The Morgan fingerprint density at radius 3 is 2.57 bits per heavy atom. The topological polar surface area (TPSA) is 35.8 Å². The van der Waals surface area contributed by atoms with Crippen molar-refractivity contribution in [1.82, 2.24) is 5.32 Å². The van der Waals surface area contributed by atoms with Gasteiger partial charge < -0.3 is 5.32 Å². The molecule has 3 saturated carbocycles. The van der Waals surface area contributed by atoms with Gasteiger partial charge in [-0.3, -0.25) is 0 Å². The molecular weight excluding hydrogens is 172 g/mol. The van der Waals surface area contributed by atoms with Gasteiger partial charge in [0.25, 0.3) is 0 Å². The van der Waals surface area contributed by atoms with Crippen LogP contribution in [0.25, 0.3) is 0 Å². The first kappa shape index (κ1) is 8.73. The Morgan fingerprint density at radius 1 is 1.07 bits per heavy atom. The van der Waals surface area contributed by atoms with Crippen molar-refractivity contribution in [2.24, 2.45) is 17.8 Å². The van der Waals surface area contributed by atoms with Gasteiger partial charge in [-0.2, -0.15) is 5.26 Å². The largest absolute Gasteiger partial charge is 0.311 e. The van der Waals surface area contributed by atoms with Crippen LogP contribution < -0.4 is 5.32 Å². The third-order valence-electron chi connectivity index (χ3n) is 4.13. The number of nitriles is 1. The molecule has 0 heterocycles. The summed E-state index contributed by atoms with van der Waals surface area (Å²) in [5.74, 6) is 2.42. The minimum atomic E-state index is 0.339. The first-order chi connectivity index (χ1) is 6.86. The quantitative estimate of drug-likeness (QED) is 0.739. The van der Waals surface area contributed by atoms with Gasteiger partial charge in [0, 0.05) is 18.0 Å². The molecule has 0 bridgehead atoms. The standard InChI is InChI=1S/C12H18N2/c13-7-8-1-4-10(5-8)14-12-6-11(12)9-2-3-9/h8-12,14H,1-6H2. The highest BCUT2D eigenvalue weighted by atomic mass is 15.0. The molecule has 4 unspecified atom stereocenters. The molecule has 3 aliphatic rings. The summed E-state index contributed by atoms with van der Waals surface area (Å²) in [5.41, 5.74) is 0. The summed E-state index contributed by atoms with van der Waals surface area (Å²) in [4.78, 5) is 0. The molecule has 0 spiro atoms. The molecule has 0 aromatic rings. The SMILES string of the molecule is N#CC1CCC(NC2CC2C2CC2)C1. The third-order valence-corrected chi connectivity index (χ3v) is 4.13. The highest BCUT2D eigenvalue weighted by Gasteiger charge is 2.48. The van der Waals surface area contributed by atoms with Crippen LogP contribution in [0, 0.1) is 29.1 Å². The van der Waals surface area contributed by atoms with E-state index in [-0.39, 0.29) is 0 Å². The Kier molecular flexibility index (Phi) is 2.02. The van der Waals surface area contributed by atoms with E-state index in [0.717, 1.165) is 30.7 Å². The van der Waals surface area contributed by atoms with Crippen molar-refractivity contribution in [2.45, 2.75) is 50.6 Å². The predicted octanol–water partition coefficient (Wildman–Crippen LogP) is 2.07. The summed E-state index contributed by atoms with van der Waals surface area (Å²) in [7, 11) is 0. The lowest BCUT2D eigenvalue weighted by molar-refractivity contribution is 0.484. The van der Waals surface area contributed by atoms with Crippen LogP contribution in [0.1, 0.15) is 38.5 Å². The van der Waals surface area contributed by atoms with Crippen LogP contribution in [-0.2, 0) is 0 Å². The Balaban J connectivity index is 1.44. The number of hydrogen-bond donors (Lipinski definition) is 1. The molecule has 0 saturated heterocycles.